The van der Waals surface area contributed by atoms with Gasteiger partial charge in [0.25, 0.3) is 0 Å². The van der Waals surface area contributed by atoms with Gasteiger partial charge in [0.05, 0.1) is 6.61 Å². The summed E-state index contributed by atoms with van der Waals surface area (Å²) in [4.78, 5) is 10.3. The molecule has 1 heterocycles. The van der Waals surface area contributed by atoms with Crippen molar-refractivity contribution in [3.05, 3.63) is 0 Å². The Hall–Kier alpha value is -1.01. The maximum absolute atomic E-state index is 10.3. The molecule has 0 aliphatic carbocycles. The van der Waals surface area contributed by atoms with Gasteiger partial charge in [-0.25, -0.2) is 0 Å². The van der Waals surface area contributed by atoms with Gasteiger partial charge in [0.2, 0.25) is 0 Å². The van der Waals surface area contributed by atoms with Crippen molar-refractivity contribution in [2.75, 3.05) is 6.61 Å². The van der Waals surface area contributed by atoms with Crippen LogP contribution in [0.5, 0.6) is 0 Å². The van der Waals surface area contributed by atoms with E-state index in [0.29, 0.717) is 12.8 Å². The van der Waals surface area contributed by atoms with Crippen molar-refractivity contribution in [2.45, 2.75) is 18.9 Å². The van der Waals surface area contributed by atoms with Crippen LogP contribution < -0.4 is 0 Å². The van der Waals surface area contributed by atoms with E-state index >= 15 is 0 Å². The summed E-state index contributed by atoms with van der Waals surface area (Å²) in [5.41, 5.74) is 0. The molecule has 0 spiro atoms. The number of cyclic esters (lactones) is 1. The van der Waals surface area contributed by atoms with E-state index in [1.165, 1.54) is 0 Å². The minimum absolute atomic E-state index is 0.0360. The van der Waals surface area contributed by atoms with Gasteiger partial charge in [-0.1, -0.05) is 0 Å². The smallest absolute Gasteiger partial charge is 0.306 e. The monoisotopic (exact) mass is 142 g/mol. The van der Waals surface area contributed by atoms with E-state index in [4.69, 9.17) is 5.11 Å². The van der Waals surface area contributed by atoms with Gasteiger partial charge in [-0.15, -0.1) is 12.8 Å². The molecule has 1 aliphatic rings. The van der Waals surface area contributed by atoms with Crippen molar-refractivity contribution >= 4 is 5.97 Å². The molecule has 3 nitrogen and oxygen atoms in total. The molecular weight excluding hydrogens is 132 g/mol. The van der Waals surface area contributed by atoms with Gasteiger partial charge in [0, 0.05) is 6.42 Å². The molecule has 1 fully saturated rings. The number of hydrogen-bond donors (Lipinski definition) is 1. The molecule has 0 aromatic heterocycles. The zero-order valence-corrected chi connectivity index (χ0v) is 5.62. The lowest BCUT2D eigenvalue weighted by Crippen LogP contribution is -2.10. The third-order valence-corrected chi connectivity index (χ3v) is 1.17. The summed E-state index contributed by atoms with van der Waals surface area (Å²) in [5.74, 6) is -0.191. The van der Waals surface area contributed by atoms with Crippen LogP contribution in [0.15, 0.2) is 0 Å². The van der Waals surface area contributed by atoms with Crippen LogP contribution in [-0.4, -0.2) is 23.8 Å². The SMILES string of the molecule is C#C.O=C1CCC(CO)O1. The molecule has 1 unspecified atom stereocenters. The number of aliphatic hydroxyl groups excluding tert-OH is 1. The van der Waals surface area contributed by atoms with Crippen LogP contribution in [-0.2, 0) is 9.53 Å². The maximum atomic E-state index is 10.3. The fourth-order valence-electron chi connectivity index (χ4n) is 0.711. The minimum atomic E-state index is -0.220. The average Bonchev–Trinajstić information content (AvgIpc) is 2.40. The first-order valence-corrected chi connectivity index (χ1v) is 2.96. The summed E-state index contributed by atoms with van der Waals surface area (Å²) in [6.07, 6.45) is 8.92. The first kappa shape index (κ1) is 8.99. The molecule has 0 amide bonds. The van der Waals surface area contributed by atoms with E-state index in [9.17, 15) is 4.79 Å². The molecule has 1 saturated heterocycles. The van der Waals surface area contributed by atoms with E-state index in [1.807, 2.05) is 0 Å². The molecular formula is C7H10O3. The number of carbonyl (C=O) groups excluding carboxylic acids is 1. The van der Waals surface area contributed by atoms with Crippen molar-refractivity contribution in [2.24, 2.45) is 0 Å². The second-order valence-electron chi connectivity index (χ2n) is 1.83. The molecule has 0 aromatic carbocycles. The molecule has 1 N–H and O–H groups in total. The van der Waals surface area contributed by atoms with Crippen molar-refractivity contribution < 1.29 is 14.6 Å². The zero-order chi connectivity index (χ0) is 7.98. The van der Waals surface area contributed by atoms with Crippen molar-refractivity contribution in [3.63, 3.8) is 0 Å². The molecule has 10 heavy (non-hydrogen) atoms. The van der Waals surface area contributed by atoms with Crippen LogP contribution in [0, 0.1) is 12.8 Å². The third-order valence-electron chi connectivity index (χ3n) is 1.17. The summed E-state index contributed by atoms with van der Waals surface area (Å²) in [6.45, 7) is -0.0360. The fraction of sp³-hybridized carbons (Fsp3) is 0.571. The topological polar surface area (TPSA) is 46.5 Å². The van der Waals surface area contributed by atoms with E-state index < -0.39 is 0 Å². The van der Waals surface area contributed by atoms with Crippen LogP contribution in [0.3, 0.4) is 0 Å². The van der Waals surface area contributed by atoms with Crippen LogP contribution in [0.2, 0.25) is 0 Å². The van der Waals surface area contributed by atoms with E-state index in [0.717, 1.165) is 0 Å². The molecule has 1 atom stereocenters. The largest absolute Gasteiger partial charge is 0.460 e. The molecule has 3 heteroatoms. The first-order chi connectivity index (χ1) is 4.83. The van der Waals surface area contributed by atoms with E-state index in [-0.39, 0.29) is 18.7 Å². The van der Waals surface area contributed by atoms with Crippen molar-refractivity contribution in [3.8, 4) is 12.8 Å². The Morgan fingerprint density at radius 2 is 2.30 bits per heavy atom. The lowest BCUT2D eigenvalue weighted by Gasteiger charge is -2.01. The standard InChI is InChI=1S/C5H8O3.C2H2/c6-3-4-1-2-5(7)8-4;1-2/h4,6H,1-3H2;1-2H. The number of carbonyl (C=O) groups is 1. The van der Waals surface area contributed by atoms with E-state index in [2.05, 4.69) is 17.6 Å². The maximum Gasteiger partial charge on any atom is 0.306 e. The highest BCUT2D eigenvalue weighted by atomic mass is 16.6. The molecule has 0 aromatic rings. The van der Waals surface area contributed by atoms with Gasteiger partial charge in [-0.05, 0) is 6.42 Å². The highest BCUT2D eigenvalue weighted by molar-refractivity contribution is 5.71. The van der Waals surface area contributed by atoms with Crippen LogP contribution >= 0.6 is 0 Å². The number of aliphatic hydroxyl groups is 1. The highest BCUT2D eigenvalue weighted by Crippen LogP contribution is 2.11. The predicted octanol–water partition coefficient (Wildman–Crippen LogP) is -0.0663. The molecule has 0 saturated carbocycles. The van der Waals surface area contributed by atoms with Gasteiger partial charge in [-0.2, -0.15) is 0 Å². The fourth-order valence-corrected chi connectivity index (χ4v) is 0.711. The Bertz CT molecular complexity index is 128. The molecule has 1 rings (SSSR count). The Kier molecular flexibility index (Phi) is 4.34. The highest BCUT2D eigenvalue weighted by Gasteiger charge is 2.21. The number of esters is 1. The summed E-state index contributed by atoms with van der Waals surface area (Å²) in [5, 5.41) is 8.41. The lowest BCUT2D eigenvalue weighted by atomic mass is 10.2. The molecule has 0 bridgehead atoms. The Labute approximate surface area is 60.0 Å². The second kappa shape index (κ2) is 4.83. The Balaban J connectivity index is 0.000000371. The minimum Gasteiger partial charge on any atom is -0.460 e. The molecule has 56 valence electrons. The van der Waals surface area contributed by atoms with E-state index in [1.54, 1.807) is 0 Å². The normalized spacial score (nSPS) is 22.7. The van der Waals surface area contributed by atoms with Crippen molar-refractivity contribution in [1.82, 2.24) is 0 Å². The number of ether oxygens (including phenoxy) is 1. The summed E-state index contributed by atoms with van der Waals surface area (Å²) >= 11 is 0. The predicted molar refractivity (Wildman–Crippen MR) is 36.1 cm³/mol. The average molecular weight is 142 g/mol. The Morgan fingerprint density at radius 3 is 2.50 bits per heavy atom. The van der Waals surface area contributed by atoms with Crippen LogP contribution in [0.25, 0.3) is 0 Å². The summed E-state index contributed by atoms with van der Waals surface area (Å²) in [7, 11) is 0. The van der Waals surface area contributed by atoms with Gasteiger partial charge in [0.15, 0.2) is 0 Å². The Morgan fingerprint density at radius 1 is 1.70 bits per heavy atom. The first-order valence-electron chi connectivity index (χ1n) is 2.96. The quantitative estimate of drug-likeness (QED) is 0.412. The van der Waals surface area contributed by atoms with Crippen LogP contribution in [0.4, 0.5) is 0 Å². The van der Waals surface area contributed by atoms with Gasteiger partial charge in [-0.3, -0.25) is 4.79 Å². The third kappa shape index (κ3) is 2.51. The number of terminal acetylenes is 1. The van der Waals surface area contributed by atoms with Gasteiger partial charge >= 0.3 is 5.97 Å². The van der Waals surface area contributed by atoms with Gasteiger partial charge in [0.1, 0.15) is 6.10 Å². The molecule has 1 aliphatic heterocycles. The summed E-state index contributed by atoms with van der Waals surface area (Å²) < 4.78 is 4.62. The van der Waals surface area contributed by atoms with Gasteiger partial charge < -0.3 is 9.84 Å². The lowest BCUT2D eigenvalue weighted by molar-refractivity contribution is -0.142. The second-order valence-corrected chi connectivity index (χ2v) is 1.83. The number of rotatable bonds is 1. The van der Waals surface area contributed by atoms with Crippen molar-refractivity contribution in [1.29, 1.82) is 0 Å². The van der Waals surface area contributed by atoms with Crippen LogP contribution in [0.1, 0.15) is 12.8 Å². The zero-order valence-electron chi connectivity index (χ0n) is 5.62. The summed E-state index contributed by atoms with van der Waals surface area (Å²) in [6, 6.07) is 0. The number of hydrogen-bond acceptors (Lipinski definition) is 3. The molecule has 0 radical (unpaired) electrons.